The molecule has 0 aromatic heterocycles. The van der Waals surface area contributed by atoms with E-state index in [1.165, 1.54) is 12.0 Å². The summed E-state index contributed by atoms with van der Waals surface area (Å²) >= 11 is 0. The third kappa shape index (κ3) is 4.11. The van der Waals surface area contributed by atoms with Crippen molar-refractivity contribution in [3.8, 4) is 5.75 Å². The lowest BCUT2D eigenvalue weighted by atomic mass is 10.1. The number of carboxylic acids is 1. The summed E-state index contributed by atoms with van der Waals surface area (Å²) in [6.45, 7) is 1.69. The molecule has 1 aromatic rings. The third-order valence-corrected chi connectivity index (χ3v) is 4.71. The molecule has 2 aliphatic rings. The SMILES string of the molecule is COC1CC(C(=O)O)N(C(=O)c2ccc(OC3CCOCC3)cc2)C1. The number of ether oxygens (including phenoxy) is 3. The van der Waals surface area contributed by atoms with Crippen molar-refractivity contribution < 1.29 is 28.9 Å². The second kappa shape index (κ2) is 7.84. The molecule has 0 radical (unpaired) electrons. The average molecular weight is 349 g/mol. The Balaban J connectivity index is 1.66. The van der Waals surface area contributed by atoms with E-state index in [9.17, 15) is 14.7 Å². The molecule has 25 heavy (non-hydrogen) atoms. The first-order valence-corrected chi connectivity index (χ1v) is 8.49. The van der Waals surface area contributed by atoms with E-state index in [1.807, 2.05) is 0 Å². The summed E-state index contributed by atoms with van der Waals surface area (Å²) in [5, 5.41) is 9.34. The Hall–Kier alpha value is -2.12. The molecule has 2 atom stereocenters. The van der Waals surface area contributed by atoms with Gasteiger partial charge < -0.3 is 24.2 Å². The van der Waals surface area contributed by atoms with Gasteiger partial charge in [-0.05, 0) is 24.3 Å². The monoisotopic (exact) mass is 349 g/mol. The number of nitrogens with zero attached hydrogens (tertiary/aromatic N) is 1. The zero-order chi connectivity index (χ0) is 17.8. The summed E-state index contributed by atoms with van der Waals surface area (Å²) in [6, 6.07) is 6.01. The van der Waals surface area contributed by atoms with E-state index in [-0.39, 0.29) is 24.7 Å². The van der Waals surface area contributed by atoms with E-state index in [4.69, 9.17) is 14.2 Å². The molecule has 2 heterocycles. The highest BCUT2D eigenvalue weighted by molar-refractivity contribution is 5.97. The number of likely N-dealkylation sites (tertiary alicyclic amines) is 1. The van der Waals surface area contributed by atoms with Gasteiger partial charge in [0.15, 0.2) is 0 Å². The zero-order valence-electron chi connectivity index (χ0n) is 14.2. The van der Waals surface area contributed by atoms with Gasteiger partial charge in [0.2, 0.25) is 0 Å². The number of amides is 1. The molecule has 2 fully saturated rings. The van der Waals surface area contributed by atoms with Gasteiger partial charge in [0.25, 0.3) is 5.91 Å². The lowest BCUT2D eigenvalue weighted by molar-refractivity contribution is -0.141. The van der Waals surface area contributed by atoms with Crippen LogP contribution in [0.1, 0.15) is 29.6 Å². The standard InChI is InChI=1S/C18H23NO6/c1-23-15-10-16(18(21)22)19(11-15)17(20)12-2-4-13(5-3-12)25-14-6-8-24-9-7-14/h2-5,14-16H,6-11H2,1H3,(H,21,22). The second-order valence-corrected chi connectivity index (χ2v) is 6.36. The van der Waals surface area contributed by atoms with Crippen LogP contribution in [-0.4, -0.2) is 67.0 Å². The molecule has 0 aliphatic carbocycles. The fraction of sp³-hybridized carbons (Fsp3) is 0.556. The number of rotatable bonds is 5. The van der Waals surface area contributed by atoms with Crippen molar-refractivity contribution in [2.75, 3.05) is 26.9 Å². The summed E-state index contributed by atoms with van der Waals surface area (Å²) in [5.74, 6) is -0.605. The van der Waals surface area contributed by atoms with Crippen LogP contribution in [0.5, 0.6) is 5.75 Å². The Kier molecular flexibility index (Phi) is 5.55. The molecule has 2 saturated heterocycles. The van der Waals surface area contributed by atoms with Crippen LogP contribution >= 0.6 is 0 Å². The van der Waals surface area contributed by atoms with Crippen LogP contribution in [0, 0.1) is 0 Å². The van der Waals surface area contributed by atoms with Crippen LogP contribution in [-0.2, 0) is 14.3 Å². The number of hydrogen-bond donors (Lipinski definition) is 1. The Morgan fingerprint density at radius 1 is 1.16 bits per heavy atom. The predicted octanol–water partition coefficient (Wildman–Crippen LogP) is 1.56. The summed E-state index contributed by atoms with van der Waals surface area (Å²) in [6.07, 6.45) is 1.90. The Morgan fingerprint density at radius 3 is 2.44 bits per heavy atom. The van der Waals surface area contributed by atoms with Gasteiger partial charge in [-0.15, -0.1) is 0 Å². The molecule has 7 heteroatoms. The lowest BCUT2D eigenvalue weighted by Gasteiger charge is -2.24. The van der Waals surface area contributed by atoms with E-state index in [2.05, 4.69) is 0 Å². The average Bonchev–Trinajstić information content (AvgIpc) is 3.07. The Labute approximate surface area is 146 Å². The molecule has 1 aromatic carbocycles. The first-order valence-electron chi connectivity index (χ1n) is 8.49. The number of hydrogen-bond acceptors (Lipinski definition) is 5. The maximum Gasteiger partial charge on any atom is 0.326 e. The Morgan fingerprint density at radius 2 is 1.84 bits per heavy atom. The minimum Gasteiger partial charge on any atom is -0.490 e. The largest absolute Gasteiger partial charge is 0.490 e. The van der Waals surface area contributed by atoms with Crippen molar-refractivity contribution in [2.45, 2.75) is 37.5 Å². The first kappa shape index (κ1) is 17.7. The molecule has 7 nitrogen and oxygen atoms in total. The minimum atomic E-state index is -1.01. The minimum absolute atomic E-state index is 0.132. The number of benzene rings is 1. The summed E-state index contributed by atoms with van der Waals surface area (Å²) < 4.78 is 16.4. The van der Waals surface area contributed by atoms with Crippen molar-refractivity contribution in [3.63, 3.8) is 0 Å². The van der Waals surface area contributed by atoms with Gasteiger partial charge in [-0.25, -0.2) is 4.79 Å². The Bertz CT molecular complexity index is 610. The van der Waals surface area contributed by atoms with Crippen LogP contribution in [0.15, 0.2) is 24.3 Å². The maximum atomic E-state index is 12.7. The molecule has 0 bridgehead atoms. The van der Waals surface area contributed by atoms with Crippen molar-refractivity contribution in [2.24, 2.45) is 0 Å². The van der Waals surface area contributed by atoms with Crippen molar-refractivity contribution in [3.05, 3.63) is 29.8 Å². The third-order valence-electron chi connectivity index (χ3n) is 4.71. The van der Waals surface area contributed by atoms with Crippen LogP contribution < -0.4 is 4.74 Å². The van der Waals surface area contributed by atoms with Crippen LogP contribution in [0.2, 0.25) is 0 Å². The highest BCUT2D eigenvalue weighted by atomic mass is 16.5. The number of methoxy groups -OCH3 is 1. The maximum absolute atomic E-state index is 12.7. The number of carbonyl (C=O) groups is 2. The van der Waals surface area contributed by atoms with E-state index < -0.39 is 12.0 Å². The van der Waals surface area contributed by atoms with Gasteiger partial charge in [-0.1, -0.05) is 0 Å². The van der Waals surface area contributed by atoms with Crippen LogP contribution in [0.25, 0.3) is 0 Å². The van der Waals surface area contributed by atoms with Crippen LogP contribution in [0.3, 0.4) is 0 Å². The molecule has 136 valence electrons. The molecule has 3 rings (SSSR count). The summed E-state index contributed by atoms with van der Waals surface area (Å²) in [4.78, 5) is 25.4. The quantitative estimate of drug-likeness (QED) is 0.868. The fourth-order valence-corrected chi connectivity index (χ4v) is 3.25. The molecular weight excluding hydrogens is 326 g/mol. The van der Waals surface area contributed by atoms with E-state index in [0.717, 1.165) is 12.8 Å². The predicted molar refractivity (Wildman–Crippen MR) is 88.8 cm³/mol. The van der Waals surface area contributed by atoms with Gasteiger partial charge in [-0.3, -0.25) is 4.79 Å². The molecule has 0 spiro atoms. The molecule has 1 amide bonds. The van der Waals surface area contributed by atoms with Gasteiger partial charge in [0.1, 0.15) is 17.9 Å². The number of aliphatic carboxylic acids is 1. The van der Waals surface area contributed by atoms with Gasteiger partial charge >= 0.3 is 5.97 Å². The molecule has 2 unspecified atom stereocenters. The van der Waals surface area contributed by atoms with E-state index >= 15 is 0 Å². The fourth-order valence-electron chi connectivity index (χ4n) is 3.25. The topological polar surface area (TPSA) is 85.3 Å². The highest BCUT2D eigenvalue weighted by Crippen LogP contribution is 2.24. The van der Waals surface area contributed by atoms with E-state index in [1.54, 1.807) is 24.3 Å². The van der Waals surface area contributed by atoms with Gasteiger partial charge in [0, 0.05) is 38.5 Å². The summed E-state index contributed by atoms with van der Waals surface area (Å²) in [5.41, 5.74) is 0.447. The van der Waals surface area contributed by atoms with E-state index in [0.29, 0.717) is 30.9 Å². The second-order valence-electron chi connectivity index (χ2n) is 6.36. The number of carbonyl (C=O) groups excluding carboxylic acids is 1. The molecule has 1 N–H and O–H groups in total. The summed E-state index contributed by atoms with van der Waals surface area (Å²) in [7, 11) is 1.53. The molecule has 0 saturated carbocycles. The zero-order valence-corrected chi connectivity index (χ0v) is 14.2. The van der Waals surface area contributed by atoms with Crippen molar-refractivity contribution in [1.29, 1.82) is 0 Å². The molecule has 2 aliphatic heterocycles. The highest BCUT2D eigenvalue weighted by Gasteiger charge is 2.40. The number of carboxylic acid groups (broad SMARTS) is 1. The molecular formula is C18H23NO6. The van der Waals surface area contributed by atoms with Crippen molar-refractivity contribution >= 4 is 11.9 Å². The van der Waals surface area contributed by atoms with Gasteiger partial charge in [0.05, 0.1) is 19.3 Å². The first-order chi connectivity index (χ1) is 12.1. The van der Waals surface area contributed by atoms with Gasteiger partial charge in [-0.2, -0.15) is 0 Å². The van der Waals surface area contributed by atoms with Crippen molar-refractivity contribution in [1.82, 2.24) is 4.90 Å². The lowest BCUT2D eigenvalue weighted by Crippen LogP contribution is -2.40. The smallest absolute Gasteiger partial charge is 0.326 e. The normalized spacial score (nSPS) is 24.3. The van der Waals surface area contributed by atoms with Crippen LogP contribution in [0.4, 0.5) is 0 Å².